The summed E-state index contributed by atoms with van der Waals surface area (Å²) in [6.07, 6.45) is 0. The lowest BCUT2D eigenvalue weighted by atomic mass is 10.0. The Bertz CT molecular complexity index is 643. The highest BCUT2D eigenvalue weighted by Gasteiger charge is 2.27. The van der Waals surface area contributed by atoms with E-state index in [4.69, 9.17) is 11.6 Å². The first kappa shape index (κ1) is 14.7. The number of nitrogens with zero attached hydrogens (tertiary/aromatic N) is 1. The van der Waals surface area contributed by atoms with E-state index in [-0.39, 0.29) is 6.04 Å². The van der Waals surface area contributed by atoms with Crippen LogP contribution in [0, 0.1) is 0 Å². The van der Waals surface area contributed by atoms with Crippen molar-refractivity contribution in [3.05, 3.63) is 57.5 Å². The highest BCUT2D eigenvalue weighted by Crippen LogP contribution is 2.41. The third-order valence-corrected chi connectivity index (χ3v) is 5.08. The zero-order valence-corrected chi connectivity index (χ0v) is 14.4. The Balaban J connectivity index is 2.03. The molecule has 1 unspecified atom stereocenters. The second kappa shape index (κ2) is 5.90. The predicted octanol–water partition coefficient (Wildman–Crippen LogP) is 5.48. The Morgan fingerprint density at radius 2 is 1.95 bits per heavy atom. The van der Waals surface area contributed by atoms with Crippen LogP contribution in [0.3, 0.4) is 0 Å². The van der Waals surface area contributed by atoms with Gasteiger partial charge >= 0.3 is 0 Å². The molecule has 21 heavy (non-hydrogen) atoms. The quantitative estimate of drug-likeness (QED) is 0.757. The molecule has 1 aliphatic rings. The van der Waals surface area contributed by atoms with Crippen molar-refractivity contribution in [1.82, 2.24) is 0 Å². The molecule has 1 N–H and O–H groups in total. The molecule has 0 aliphatic carbocycles. The molecule has 4 heteroatoms. The molecule has 0 bridgehead atoms. The van der Waals surface area contributed by atoms with Gasteiger partial charge in [-0.25, -0.2) is 0 Å². The zero-order chi connectivity index (χ0) is 15.0. The molecule has 0 aromatic heterocycles. The molecule has 110 valence electrons. The summed E-state index contributed by atoms with van der Waals surface area (Å²) in [6.45, 7) is 5.39. The Labute approximate surface area is 139 Å². The van der Waals surface area contributed by atoms with Crippen LogP contribution in [-0.4, -0.2) is 12.6 Å². The van der Waals surface area contributed by atoms with Gasteiger partial charge in [0.1, 0.15) is 0 Å². The minimum atomic E-state index is 0.276. The van der Waals surface area contributed by atoms with Crippen molar-refractivity contribution in [2.24, 2.45) is 0 Å². The summed E-state index contributed by atoms with van der Waals surface area (Å²) in [5, 5.41) is 4.35. The molecule has 2 aromatic rings. The van der Waals surface area contributed by atoms with Gasteiger partial charge < -0.3 is 10.2 Å². The van der Waals surface area contributed by atoms with Crippen LogP contribution in [0.5, 0.6) is 0 Å². The average Bonchev–Trinajstić information content (AvgIpc) is 2.48. The van der Waals surface area contributed by atoms with E-state index in [9.17, 15) is 0 Å². The van der Waals surface area contributed by atoms with Crippen molar-refractivity contribution >= 4 is 38.9 Å². The van der Waals surface area contributed by atoms with Crippen molar-refractivity contribution in [1.29, 1.82) is 0 Å². The normalized spacial score (nSPS) is 17.6. The first-order valence-electron chi connectivity index (χ1n) is 7.13. The molecule has 0 amide bonds. The van der Waals surface area contributed by atoms with Crippen LogP contribution in [0.2, 0.25) is 5.02 Å². The molecular weight excluding hydrogens is 348 g/mol. The standard InChI is InChI=1S/C17H18BrClN2/c1-11(2)21-10-16(12-6-4-3-5-7-12)20-15-9-14(19)13(18)8-17(15)21/h3-9,11,16,20H,10H2,1-2H3. The molecule has 2 aromatic carbocycles. The number of hydrogen-bond donors (Lipinski definition) is 1. The molecule has 0 fully saturated rings. The molecule has 0 saturated heterocycles. The molecule has 1 atom stereocenters. The van der Waals surface area contributed by atoms with Crippen molar-refractivity contribution in [2.45, 2.75) is 25.9 Å². The third kappa shape index (κ3) is 2.90. The minimum absolute atomic E-state index is 0.276. The summed E-state index contributed by atoms with van der Waals surface area (Å²) in [7, 11) is 0. The van der Waals surface area contributed by atoms with Crippen LogP contribution < -0.4 is 10.2 Å². The van der Waals surface area contributed by atoms with E-state index in [2.05, 4.69) is 76.4 Å². The van der Waals surface area contributed by atoms with Crippen molar-refractivity contribution in [2.75, 3.05) is 16.8 Å². The van der Waals surface area contributed by atoms with Crippen molar-refractivity contribution in [3.8, 4) is 0 Å². The maximum Gasteiger partial charge on any atom is 0.0689 e. The summed E-state index contributed by atoms with van der Waals surface area (Å²) in [5.41, 5.74) is 3.60. The molecule has 1 heterocycles. The van der Waals surface area contributed by atoms with Crippen molar-refractivity contribution in [3.63, 3.8) is 0 Å². The molecular formula is C17H18BrClN2. The fraction of sp³-hybridized carbons (Fsp3) is 0.294. The van der Waals surface area contributed by atoms with Gasteiger partial charge in [-0.05, 0) is 47.5 Å². The van der Waals surface area contributed by atoms with Gasteiger partial charge in [-0.2, -0.15) is 0 Å². The SMILES string of the molecule is CC(C)N1CC(c2ccccc2)Nc2cc(Cl)c(Br)cc21. The smallest absolute Gasteiger partial charge is 0.0689 e. The lowest BCUT2D eigenvalue weighted by Crippen LogP contribution is -2.40. The number of fused-ring (bicyclic) bond motifs is 1. The third-order valence-electron chi connectivity index (χ3n) is 3.88. The van der Waals surface area contributed by atoms with Crippen LogP contribution in [0.15, 0.2) is 46.9 Å². The zero-order valence-electron chi connectivity index (χ0n) is 12.1. The largest absolute Gasteiger partial charge is 0.375 e. The Hall–Kier alpha value is -1.19. The molecule has 1 aliphatic heterocycles. The second-order valence-electron chi connectivity index (χ2n) is 5.64. The van der Waals surface area contributed by atoms with Gasteiger partial charge in [0.15, 0.2) is 0 Å². The Morgan fingerprint density at radius 1 is 1.24 bits per heavy atom. The van der Waals surface area contributed by atoms with E-state index in [1.54, 1.807) is 0 Å². The van der Waals surface area contributed by atoms with Crippen LogP contribution in [0.4, 0.5) is 11.4 Å². The summed E-state index contributed by atoms with van der Waals surface area (Å²) in [5.74, 6) is 0. The first-order valence-corrected chi connectivity index (χ1v) is 8.30. The molecule has 2 nitrogen and oxygen atoms in total. The van der Waals surface area contributed by atoms with Crippen LogP contribution in [-0.2, 0) is 0 Å². The Morgan fingerprint density at radius 3 is 2.62 bits per heavy atom. The lowest BCUT2D eigenvalue weighted by Gasteiger charge is -2.40. The summed E-state index contributed by atoms with van der Waals surface area (Å²) in [4.78, 5) is 2.42. The maximum atomic E-state index is 6.26. The fourth-order valence-electron chi connectivity index (χ4n) is 2.78. The number of anilines is 2. The molecule has 0 saturated carbocycles. The van der Waals surface area contributed by atoms with E-state index in [0.717, 1.165) is 21.7 Å². The number of rotatable bonds is 2. The van der Waals surface area contributed by atoms with E-state index in [1.807, 2.05) is 6.07 Å². The monoisotopic (exact) mass is 364 g/mol. The summed E-state index contributed by atoms with van der Waals surface area (Å²) >= 11 is 9.79. The fourth-order valence-corrected chi connectivity index (χ4v) is 3.28. The van der Waals surface area contributed by atoms with Gasteiger partial charge in [0, 0.05) is 17.1 Å². The van der Waals surface area contributed by atoms with E-state index >= 15 is 0 Å². The van der Waals surface area contributed by atoms with Gasteiger partial charge in [0.2, 0.25) is 0 Å². The molecule has 0 radical (unpaired) electrons. The molecule has 3 rings (SSSR count). The first-order chi connectivity index (χ1) is 10.1. The van der Waals surface area contributed by atoms with Gasteiger partial charge in [0.25, 0.3) is 0 Å². The minimum Gasteiger partial charge on any atom is -0.375 e. The number of hydrogen-bond acceptors (Lipinski definition) is 2. The van der Waals surface area contributed by atoms with E-state index in [0.29, 0.717) is 6.04 Å². The number of nitrogens with one attached hydrogen (secondary N) is 1. The van der Waals surface area contributed by atoms with Gasteiger partial charge in [-0.1, -0.05) is 41.9 Å². The van der Waals surface area contributed by atoms with Crippen LogP contribution >= 0.6 is 27.5 Å². The lowest BCUT2D eigenvalue weighted by molar-refractivity contribution is 0.617. The number of halogens is 2. The summed E-state index contributed by atoms with van der Waals surface area (Å²) < 4.78 is 0.938. The van der Waals surface area contributed by atoms with Gasteiger partial charge in [-0.15, -0.1) is 0 Å². The van der Waals surface area contributed by atoms with Crippen LogP contribution in [0.1, 0.15) is 25.5 Å². The maximum absolute atomic E-state index is 6.26. The topological polar surface area (TPSA) is 15.3 Å². The van der Waals surface area contributed by atoms with Gasteiger partial charge in [-0.3, -0.25) is 0 Å². The van der Waals surface area contributed by atoms with Gasteiger partial charge in [0.05, 0.1) is 22.4 Å². The average molecular weight is 366 g/mol. The second-order valence-corrected chi connectivity index (χ2v) is 6.90. The highest BCUT2D eigenvalue weighted by molar-refractivity contribution is 9.10. The van der Waals surface area contributed by atoms with Crippen molar-refractivity contribution < 1.29 is 0 Å². The predicted molar refractivity (Wildman–Crippen MR) is 94.4 cm³/mol. The molecule has 0 spiro atoms. The Kier molecular flexibility index (Phi) is 4.14. The van der Waals surface area contributed by atoms with E-state index in [1.165, 1.54) is 11.3 Å². The highest BCUT2D eigenvalue weighted by atomic mass is 79.9. The van der Waals surface area contributed by atoms with Crippen LogP contribution in [0.25, 0.3) is 0 Å². The summed E-state index contributed by atoms with van der Waals surface area (Å²) in [6, 6.07) is 15.4. The van der Waals surface area contributed by atoms with E-state index < -0.39 is 0 Å². The number of benzene rings is 2.